The van der Waals surface area contributed by atoms with Gasteiger partial charge in [-0.1, -0.05) is 13.0 Å². The Morgan fingerprint density at radius 3 is 2.53 bits per heavy atom. The molecule has 0 aliphatic carbocycles. The van der Waals surface area contributed by atoms with E-state index in [-0.39, 0.29) is 11.3 Å². The van der Waals surface area contributed by atoms with Gasteiger partial charge < -0.3 is 33.9 Å². The maximum absolute atomic E-state index is 13.3. The van der Waals surface area contributed by atoms with Gasteiger partial charge in [0.25, 0.3) is 11.7 Å². The van der Waals surface area contributed by atoms with Gasteiger partial charge in [0.05, 0.1) is 25.3 Å². The summed E-state index contributed by atoms with van der Waals surface area (Å²) >= 11 is 0. The normalized spacial score (nSPS) is 18.6. The molecule has 2 aliphatic rings. The quantitative estimate of drug-likeness (QED) is 0.321. The Morgan fingerprint density at radius 1 is 1.08 bits per heavy atom. The lowest BCUT2D eigenvalue weighted by molar-refractivity contribution is -0.140. The number of amides is 1. The number of aliphatic hydroxyl groups excluding tert-OH is 1. The number of methoxy groups -OCH3 is 1. The fourth-order valence-electron chi connectivity index (χ4n) is 4.30. The number of ether oxygens (including phenoxy) is 4. The summed E-state index contributed by atoms with van der Waals surface area (Å²) in [4.78, 5) is 29.9. The number of hydrogen-bond acceptors (Lipinski definition) is 8. The molecule has 2 aliphatic heterocycles. The third-order valence-electron chi connectivity index (χ3n) is 6.11. The molecule has 2 aromatic rings. The zero-order valence-corrected chi connectivity index (χ0v) is 21.1. The molecule has 1 N–H and O–H groups in total. The lowest BCUT2D eigenvalue weighted by Crippen LogP contribution is -2.35. The second kappa shape index (κ2) is 10.9. The summed E-state index contributed by atoms with van der Waals surface area (Å²) in [7, 11) is 5.32. The van der Waals surface area contributed by atoms with Crippen molar-refractivity contribution in [2.24, 2.45) is 0 Å². The Balaban J connectivity index is 1.82. The SMILES string of the molecule is CCCOc1ccc([C@@H]2/C(=C(\O)c3ccc4c(c3)OCCO4)C(=O)C(=O)N2CCN(C)C)cc1OC. The highest BCUT2D eigenvalue weighted by atomic mass is 16.6. The van der Waals surface area contributed by atoms with E-state index in [0.717, 1.165) is 6.42 Å². The van der Waals surface area contributed by atoms with E-state index in [2.05, 4.69) is 0 Å². The Bertz CT molecular complexity index is 1170. The second-order valence-electron chi connectivity index (χ2n) is 8.91. The van der Waals surface area contributed by atoms with Gasteiger partial charge in [0.1, 0.15) is 19.0 Å². The van der Waals surface area contributed by atoms with Crippen molar-refractivity contribution in [1.29, 1.82) is 0 Å². The zero-order chi connectivity index (χ0) is 25.8. The predicted octanol–water partition coefficient (Wildman–Crippen LogP) is 3.24. The van der Waals surface area contributed by atoms with Crippen molar-refractivity contribution in [1.82, 2.24) is 9.80 Å². The van der Waals surface area contributed by atoms with Crippen molar-refractivity contribution in [3.8, 4) is 23.0 Å². The van der Waals surface area contributed by atoms with Crippen LogP contribution < -0.4 is 18.9 Å². The van der Waals surface area contributed by atoms with Crippen molar-refractivity contribution >= 4 is 17.4 Å². The lowest BCUT2D eigenvalue weighted by atomic mass is 9.94. The molecule has 0 unspecified atom stereocenters. The number of hydrogen-bond donors (Lipinski definition) is 1. The van der Waals surface area contributed by atoms with Gasteiger partial charge in [-0.3, -0.25) is 9.59 Å². The Hall–Kier alpha value is -3.72. The van der Waals surface area contributed by atoms with Crippen molar-refractivity contribution in [3.63, 3.8) is 0 Å². The van der Waals surface area contributed by atoms with E-state index in [9.17, 15) is 14.7 Å². The highest BCUT2D eigenvalue weighted by Gasteiger charge is 2.46. The summed E-state index contributed by atoms with van der Waals surface area (Å²) < 4.78 is 22.5. The highest BCUT2D eigenvalue weighted by molar-refractivity contribution is 6.46. The third-order valence-corrected chi connectivity index (χ3v) is 6.11. The van der Waals surface area contributed by atoms with Gasteiger partial charge in [-0.25, -0.2) is 0 Å². The molecule has 1 amide bonds. The summed E-state index contributed by atoms with van der Waals surface area (Å²) in [5, 5.41) is 11.4. The van der Waals surface area contributed by atoms with E-state index in [1.54, 1.807) is 36.4 Å². The highest BCUT2D eigenvalue weighted by Crippen LogP contribution is 2.43. The van der Waals surface area contributed by atoms with E-state index in [0.29, 0.717) is 67.0 Å². The minimum Gasteiger partial charge on any atom is -0.507 e. The first-order chi connectivity index (χ1) is 17.3. The van der Waals surface area contributed by atoms with Crippen LogP contribution in [0.15, 0.2) is 42.0 Å². The van der Waals surface area contributed by atoms with Crippen LogP contribution in [0.4, 0.5) is 0 Å². The molecule has 1 saturated heterocycles. The van der Waals surface area contributed by atoms with Gasteiger partial charge >= 0.3 is 0 Å². The molecule has 1 fully saturated rings. The molecule has 0 saturated carbocycles. The fraction of sp³-hybridized carbons (Fsp3) is 0.407. The molecule has 192 valence electrons. The minimum absolute atomic E-state index is 0.0136. The number of nitrogens with zero attached hydrogens (tertiary/aromatic N) is 2. The molecule has 2 aromatic carbocycles. The van der Waals surface area contributed by atoms with Crippen LogP contribution in [0.1, 0.15) is 30.5 Å². The van der Waals surface area contributed by atoms with Gasteiger partial charge in [-0.15, -0.1) is 0 Å². The van der Waals surface area contributed by atoms with Crippen LogP contribution in [0.25, 0.3) is 5.76 Å². The average molecular weight is 497 g/mol. The van der Waals surface area contributed by atoms with E-state index >= 15 is 0 Å². The molecule has 9 nitrogen and oxygen atoms in total. The molecule has 0 aromatic heterocycles. The van der Waals surface area contributed by atoms with E-state index < -0.39 is 17.7 Å². The third kappa shape index (κ3) is 4.97. The molecule has 4 rings (SSSR count). The number of Topliss-reactive ketones (excluding diaryl/α,β-unsaturated/α-hetero) is 1. The number of ketones is 1. The number of fused-ring (bicyclic) bond motifs is 1. The molecule has 0 bridgehead atoms. The second-order valence-corrected chi connectivity index (χ2v) is 8.91. The van der Waals surface area contributed by atoms with Crippen molar-refractivity contribution in [3.05, 3.63) is 53.1 Å². The minimum atomic E-state index is -0.799. The molecule has 36 heavy (non-hydrogen) atoms. The van der Waals surface area contributed by atoms with Crippen LogP contribution >= 0.6 is 0 Å². The number of aliphatic hydroxyl groups is 1. The van der Waals surface area contributed by atoms with Gasteiger partial charge in [-0.05, 0) is 56.4 Å². The van der Waals surface area contributed by atoms with Crippen LogP contribution in [0.5, 0.6) is 23.0 Å². The first-order valence-corrected chi connectivity index (χ1v) is 12.0. The number of carbonyl (C=O) groups excluding carboxylic acids is 2. The first kappa shape index (κ1) is 25.4. The van der Waals surface area contributed by atoms with Crippen LogP contribution in [0.2, 0.25) is 0 Å². The maximum atomic E-state index is 13.3. The fourth-order valence-corrected chi connectivity index (χ4v) is 4.30. The predicted molar refractivity (Wildman–Crippen MR) is 134 cm³/mol. The Labute approximate surface area is 210 Å². The van der Waals surface area contributed by atoms with Crippen LogP contribution in [0, 0.1) is 0 Å². The van der Waals surface area contributed by atoms with Gasteiger partial charge in [0.15, 0.2) is 23.0 Å². The summed E-state index contributed by atoms with van der Waals surface area (Å²) in [5.41, 5.74) is 1.01. The molecule has 2 heterocycles. The van der Waals surface area contributed by atoms with Crippen LogP contribution in [-0.2, 0) is 9.59 Å². The maximum Gasteiger partial charge on any atom is 0.295 e. The number of likely N-dealkylation sites (N-methyl/N-ethyl adjacent to an activating group) is 1. The number of benzene rings is 2. The number of likely N-dealkylation sites (tertiary alicyclic amines) is 1. The first-order valence-electron chi connectivity index (χ1n) is 12.0. The Kier molecular flexibility index (Phi) is 7.69. The van der Waals surface area contributed by atoms with E-state index in [1.165, 1.54) is 12.0 Å². The summed E-state index contributed by atoms with van der Waals surface area (Å²) in [5.74, 6) is 0.422. The lowest BCUT2D eigenvalue weighted by Gasteiger charge is -2.27. The van der Waals surface area contributed by atoms with Crippen molar-refractivity contribution in [2.75, 3.05) is 54.1 Å². The number of rotatable bonds is 9. The van der Waals surface area contributed by atoms with E-state index in [4.69, 9.17) is 18.9 Å². The molecular formula is C27H32N2O7. The molecular weight excluding hydrogens is 464 g/mol. The smallest absolute Gasteiger partial charge is 0.295 e. The average Bonchev–Trinajstić information content (AvgIpc) is 3.14. The molecule has 9 heteroatoms. The van der Waals surface area contributed by atoms with Crippen LogP contribution in [0.3, 0.4) is 0 Å². The summed E-state index contributed by atoms with van der Waals surface area (Å²) in [6, 6.07) is 9.47. The van der Waals surface area contributed by atoms with Gasteiger partial charge in [0.2, 0.25) is 0 Å². The van der Waals surface area contributed by atoms with Gasteiger partial charge in [0, 0.05) is 18.7 Å². The summed E-state index contributed by atoms with van der Waals surface area (Å²) in [6.07, 6.45) is 0.838. The molecule has 0 radical (unpaired) electrons. The van der Waals surface area contributed by atoms with Gasteiger partial charge in [-0.2, -0.15) is 0 Å². The topological polar surface area (TPSA) is 97.8 Å². The van der Waals surface area contributed by atoms with E-state index in [1.807, 2.05) is 25.9 Å². The number of carbonyl (C=O) groups is 2. The monoisotopic (exact) mass is 496 g/mol. The zero-order valence-electron chi connectivity index (χ0n) is 21.1. The standard InChI is InChI=1S/C27H32N2O7/c1-5-12-34-19-8-6-17(15-21(19)33-4)24-23(26(31)27(32)29(24)11-10-28(2)3)25(30)18-7-9-20-22(16-18)36-14-13-35-20/h6-9,15-16,24,30H,5,10-14H2,1-4H3/b25-23+/t24-/m1/s1. The van der Waals surface area contributed by atoms with Crippen LogP contribution in [-0.4, -0.2) is 80.7 Å². The molecule has 0 spiro atoms. The Morgan fingerprint density at radius 2 is 1.83 bits per heavy atom. The van der Waals surface area contributed by atoms with Crippen molar-refractivity contribution in [2.45, 2.75) is 19.4 Å². The van der Waals surface area contributed by atoms with Crippen molar-refractivity contribution < 1.29 is 33.6 Å². The largest absolute Gasteiger partial charge is 0.507 e. The summed E-state index contributed by atoms with van der Waals surface area (Å²) in [6.45, 7) is 4.21. The molecule has 1 atom stereocenters.